The molecule has 0 spiro atoms. The van der Waals surface area contributed by atoms with Crippen LogP contribution in [0, 0.1) is 6.92 Å². The number of hydrogen-bond donors (Lipinski definition) is 0. The predicted octanol–water partition coefficient (Wildman–Crippen LogP) is 3.39. The quantitative estimate of drug-likeness (QED) is 0.568. The van der Waals surface area contributed by atoms with E-state index in [9.17, 15) is 0 Å². The standard InChI is InChI=1S/C18H17N5O2/c1-10-4-3-5-13-12(10)8-14(24-13)18-19-15(22-25-18)9-16-20-17(11-6-7-11)21-23(16)2/h3-5,8,11H,6-7,9H2,1-2H3. The molecule has 1 aliphatic rings. The van der Waals surface area contributed by atoms with E-state index in [0.717, 1.165) is 28.2 Å². The van der Waals surface area contributed by atoms with Crippen LogP contribution in [0.5, 0.6) is 0 Å². The second-order valence-electron chi connectivity index (χ2n) is 6.57. The first-order valence-corrected chi connectivity index (χ1v) is 8.39. The number of fused-ring (bicyclic) bond motifs is 1. The SMILES string of the molecule is Cc1cccc2oc(-c3nc(Cc4nc(C5CC5)nn4C)no3)cc12. The fraction of sp³-hybridized carbons (Fsp3) is 0.333. The predicted molar refractivity (Wildman–Crippen MR) is 90.0 cm³/mol. The van der Waals surface area contributed by atoms with Gasteiger partial charge in [-0.2, -0.15) is 10.1 Å². The first-order chi connectivity index (χ1) is 12.2. The Labute approximate surface area is 143 Å². The molecule has 1 fully saturated rings. The molecular formula is C18H17N5O2. The summed E-state index contributed by atoms with van der Waals surface area (Å²) in [4.78, 5) is 9.06. The topological polar surface area (TPSA) is 82.8 Å². The van der Waals surface area contributed by atoms with Crippen molar-refractivity contribution < 1.29 is 8.94 Å². The van der Waals surface area contributed by atoms with Gasteiger partial charge < -0.3 is 8.94 Å². The highest BCUT2D eigenvalue weighted by molar-refractivity contribution is 5.84. The molecule has 1 aromatic carbocycles. The normalized spacial score (nSPS) is 14.5. The Morgan fingerprint density at radius 3 is 2.92 bits per heavy atom. The molecule has 3 aromatic heterocycles. The minimum atomic E-state index is 0.384. The van der Waals surface area contributed by atoms with Gasteiger partial charge in [0.15, 0.2) is 17.4 Å². The molecule has 0 saturated heterocycles. The van der Waals surface area contributed by atoms with Crippen LogP contribution < -0.4 is 0 Å². The van der Waals surface area contributed by atoms with E-state index in [-0.39, 0.29) is 0 Å². The molecule has 3 heterocycles. The number of furan rings is 1. The molecule has 5 rings (SSSR count). The summed E-state index contributed by atoms with van der Waals surface area (Å²) in [5.74, 6) is 3.84. The lowest BCUT2D eigenvalue weighted by atomic mass is 10.1. The van der Waals surface area contributed by atoms with Gasteiger partial charge in [0.25, 0.3) is 5.89 Å². The monoisotopic (exact) mass is 335 g/mol. The van der Waals surface area contributed by atoms with Crippen LogP contribution in [0.25, 0.3) is 22.6 Å². The zero-order chi connectivity index (χ0) is 17.0. The number of aryl methyl sites for hydroxylation is 2. The van der Waals surface area contributed by atoms with E-state index >= 15 is 0 Å². The van der Waals surface area contributed by atoms with Gasteiger partial charge in [0.2, 0.25) is 0 Å². The van der Waals surface area contributed by atoms with E-state index < -0.39 is 0 Å². The smallest absolute Gasteiger partial charge is 0.293 e. The molecule has 0 radical (unpaired) electrons. The van der Waals surface area contributed by atoms with Crippen LogP contribution in [0.4, 0.5) is 0 Å². The third-order valence-corrected chi connectivity index (χ3v) is 4.59. The first-order valence-electron chi connectivity index (χ1n) is 8.39. The molecule has 1 saturated carbocycles. The maximum absolute atomic E-state index is 5.84. The summed E-state index contributed by atoms with van der Waals surface area (Å²) in [7, 11) is 1.90. The zero-order valence-electron chi connectivity index (χ0n) is 14.1. The van der Waals surface area contributed by atoms with Gasteiger partial charge in [0.05, 0.1) is 6.42 Å². The fourth-order valence-electron chi connectivity index (χ4n) is 2.99. The number of nitrogens with zero attached hydrogens (tertiary/aromatic N) is 5. The van der Waals surface area contributed by atoms with Crippen molar-refractivity contribution in [3.8, 4) is 11.7 Å². The molecule has 7 heteroatoms. The summed E-state index contributed by atoms with van der Waals surface area (Å²) in [6.45, 7) is 2.05. The molecule has 126 valence electrons. The van der Waals surface area contributed by atoms with Gasteiger partial charge in [0, 0.05) is 18.4 Å². The zero-order valence-corrected chi connectivity index (χ0v) is 14.1. The highest BCUT2D eigenvalue weighted by Gasteiger charge is 2.28. The van der Waals surface area contributed by atoms with Crippen LogP contribution in [0.2, 0.25) is 0 Å². The average Bonchev–Trinajstić information content (AvgIpc) is 3.02. The Hall–Kier alpha value is -2.96. The van der Waals surface area contributed by atoms with Gasteiger partial charge >= 0.3 is 0 Å². The summed E-state index contributed by atoms with van der Waals surface area (Å²) in [5, 5.41) is 9.59. The van der Waals surface area contributed by atoms with Crippen LogP contribution in [0.3, 0.4) is 0 Å². The summed E-state index contributed by atoms with van der Waals surface area (Å²) in [6, 6.07) is 7.89. The van der Waals surface area contributed by atoms with Crippen molar-refractivity contribution in [2.45, 2.75) is 32.1 Å². The summed E-state index contributed by atoms with van der Waals surface area (Å²) >= 11 is 0. The van der Waals surface area contributed by atoms with Gasteiger partial charge in [0.1, 0.15) is 11.4 Å². The van der Waals surface area contributed by atoms with Crippen molar-refractivity contribution in [1.82, 2.24) is 24.9 Å². The van der Waals surface area contributed by atoms with Crippen LogP contribution in [0.1, 0.15) is 41.8 Å². The molecular weight excluding hydrogens is 318 g/mol. The molecule has 1 aliphatic carbocycles. The second-order valence-corrected chi connectivity index (χ2v) is 6.57. The van der Waals surface area contributed by atoms with Crippen molar-refractivity contribution in [2.24, 2.45) is 7.05 Å². The summed E-state index contributed by atoms with van der Waals surface area (Å²) < 4.78 is 13.0. The summed E-state index contributed by atoms with van der Waals surface area (Å²) in [5.41, 5.74) is 1.97. The molecule has 0 bridgehead atoms. The molecule has 0 amide bonds. The highest BCUT2D eigenvalue weighted by atomic mass is 16.5. The molecule has 0 N–H and O–H groups in total. The molecule has 7 nitrogen and oxygen atoms in total. The minimum absolute atomic E-state index is 0.384. The van der Waals surface area contributed by atoms with Crippen LogP contribution >= 0.6 is 0 Å². The summed E-state index contributed by atoms with van der Waals surface area (Å²) in [6.07, 6.45) is 2.85. The largest absolute Gasteiger partial charge is 0.451 e. The Kier molecular flexibility index (Phi) is 3.03. The Morgan fingerprint density at radius 2 is 2.12 bits per heavy atom. The number of hydrogen-bond acceptors (Lipinski definition) is 6. The van der Waals surface area contributed by atoms with Crippen molar-refractivity contribution in [2.75, 3.05) is 0 Å². The van der Waals surface area contributed by atoms with Gasteiger partial charge in [-0.25, -0.2) is 4.98 Å². The lowest BCUT2D eigenvalue weighted by Gasteiger charge is -1.93. The van der Waals surface area contributed by atoms with E-state index in [1.54, 1.807) is 4.68 Å². The average molecular weight is 335 g/mol. The highest BCUT2D eigenvalue weighted by Crippen LogP contribution is 2.38. The van der Waals surface area contributed by atoms with Gasteiger partial charge in [-0.05, 0) is 37.5 Å². The number of rotatable bonds is 4. The molecule has 4 aromatic rings. The first kappa shape index (κ1) is 14.4. The van der Waals surface area contributed by atoms with Crippen LogP contribution in [-0.4, -0.2) is 24.9 Å². The molecule has 0 unspecified atom stereocenters. The van der Waals surface area contributed by atoms with Gasteiger partial charge in [-0.1, -0.05) is 17.3 Å². The van der Waals surface area contributed by atoms with E-state index in [1.165, 1.54) is 12.8 Å². The second kappa shape index (κ2) is 5.27. The number of benzene rings is 1. The Morgan fingerprint density at radius 1 is 1.24 bits per heavy atom. The third kappa shape index (κ3) is 2.52. The van der Waals surface area contributed by atoms with Crippen molar-refractivity contribution in [3.05, 3.63) is 47.3 Å². The molecule has 0 atom stereocenters. The van der Waals surface area contributed by atoms with E-state index in [2.05, 4.69) is 20.2 Å². The van der Waals surface area contributed by atoms with Gasteiger partial charge in [-0.15, -0.1) is 0 Å². The lowest BCUT2D eigenvalue weighted by Crippen LogP contribution is -2.01. The maximum Gasteiger partial charge on any atom is 0.293 e. The van der Waals surface area contributed by atoms with E-state index in [1.807, 2.05) is 38.2 Å². The Bertz CT molecular complexity index is 1070. The van der Waals surface area contributed by atoms with Crippen molar-refractivity contribution in [1.29, 1.82) is 0 Å². The van der Waals surface area contributed by atoms with E-state index in [4.69, 9.17) is 8.94 Å². The maximum atomic E-state index is 5.84. The fourth-order valence-corrected chi connectivity index (χ4v) is 2.99. The minimum Gasteiger partial charge on any atom is -0.451 e. The number of aromatic nitrogens is 5. The van der Waals surface area contributed by atoms with Crippen LogP contribution in [0.15, 0.2) is 33.2 Å². The van der Waals surface area contributed by atoms with Crippen LogP contribution in [-0.2, 0) is 13.5 Å². The third-order valence-electron chi connectivity index (χ3n) is 4.59. The van der Waals surface area contributed by atoms with Crippen molar-refractivity contribution >= 4 is 11.0 Å². The Balaban J connectivity index is 1.43. The molecule has 25 heavy (non-hydrogen) atoms. The van der Waals surface area contributed by atoms with Gasteiger partial charge in [-0.3, -0.25) is 4.68 Å². The lowest BCUT2D eigenvalue weighted by molar-refractivity contribution is 0.412. The molecule has 0 aliphatic heterocycles. The van der Waals surface area contributed by atoms with Crippen molar-refractivity contribution in [3.63, 3.8) is 0 Å². The van der Waals surface area contributed by atoms with E-state index in [0.29, 0.717) is 29.8 Å².